The summed E-state index contributed by atoms with van der Waals surface area (Å²) in [7, 11) is 0. The first-order valence-corrected chi connectivity index (χ1v) is 9.26. The lowest BCUT2D eigenvalue weighted by Gasteiger charge is -2.31. The molecule has 0 bridgehead atoms. The van der Waals surface area contributed by atoms with Gasteiger partial charge in [0, 0.05) is 20.5 Å². The Morgan fingerprint density at radius 3 is 2.20 bits per heavy atom. The number of alkyl halides is 2. The normalized spacial score (nSPS) is 11.6. The summed E-state index contributed by atoms with van der Waals surface area (Å²) in [6.07, 6.45) is 0.638. The predicted octanol–water partition coefficient (Wildman–Crippen LogP) is 5.86. The van der Waals surface area contributed by atoms with E-state index >= 15 is 0 Å². The zero-order valence-electron chi connectivity index (χ0n) is 10.8. The Morgan fingerprint density at radius 1 is 0.950 bits per heavy atom. The van der Waals surface area contributed by atoms with Crippen molar-refractivity contribution in [2.24, 2.45) is 0 Å². The molecule has 0 N–H and O–H groups in total. The molecule has 0 fully saturated rings. The lowest BCUT2D eigenvalue weighted by Crippen LogP contribution is -2.33. The van der Waals surface area contributed by atoms with E-state index in [4.69, 9.17) is 0 Å². The third-order valence-electron chi connectivity index (χ3n) is 3.43. The number of benzene rings is 2. The molecular formula is C16H14Br3F. The molecule has 0 aliphatic carbocycles. The van der Waals surface area contributed by atoms with E-state index in [1.165, 1.54) is 11.6 Å². The van der Waals surface area contributed by atoms with E-state index in [1.807, 2.05) is 24.3 Å². The van der Waals surface area contributed by atoms with E-state index in [-0.39, 0.29) is 11.2 Å². The minimum Gasteiger partial charge on any atom is -0.207 e. The van der Waals surface area contributed by atoms with E-state index in [9.17, 15) is 4.39 Å². The Balaban J connectivity index is 2.42. The molecule has 0 heterocycles. The van der Waals surface area contributed by atoms with Gasteiger partial charge in [0.15, 0.2) is 0 Å². The summed E-state index contributed by atoms with van der Waals surface area (Å²) in [6, 6.07) is 15.3. The molecular weight excluding hydrogens is 451 g/mol. The van der Waals surface area contributed by atoms with E-state index in [1.54, 1.807) is 6.07 Å². The summed E-state index contributed by atoms with van der Waals surface area (Å²) >= 11 is 10.6. The molecule has 0 aromatic heterocycles. The zero-order valence-corrected chi connectivity index (χ0v) is 15.5. The van der Waals surface area contributed by atoms with Gasteiger partial charge in [-0.05, 0) is 35.7 Å². The van der Waals surface area contributed by atoms with Crippen molar-refractivity contribution < 1.29 is 4.39 Å². The second-order valence-electron chi connectivity index (χ2n) is 4.83. The van der Waals surface area contributed by atoms with E-state index in [2.05, 4.69) is 59.9 Å². The van der Waals surface area contributed by atoms with Crippen LogP contribution in [0.5, 0.6) is 0 Å². The summed E-state index contributed by atoms with van der Waals surface area (Å²) in [5, 5.41) is 1.53. The predicted molar refractivity (Wildman–Crippen MR) is 93.5 cm³/mol. The molecule has 106 valence electrons. The van der Waals surface area contributed by atoms with Crippen molar-refractivity contribution in [3.8, 4) is 0 Å². The molecule has 2 aromatic rings. The number of rotatable bonds is 5. The molecule has 0 aliphatic rings. The molecule has 2 rings (SSSR count). The molecule has 20 heavy (non-hydrogen) atoms. The average Bonchev–Trinajstić information content (AvgIpc) is 2.49. The first-order chi connectivity index (χ1) is 9.61. The van der Waals surface area contributed by atoms with Crippen LogP contribution >= 0.6 is 47.8 Å². The monoisotopic (exact) mass is 462 g/mol. The van der Waals surface area contributed by atoms with Crippen molar-refractivity contribution in [2.45, 2.75) is 11.8 Å². The van der Waals surface area contributed by atoms with Gasteiger partial charge in [0.1, 0.15) is 5.82 Å². The summed E-state index contributed by atoms with van der Waals surface area (Å²) in [5.41, 5.74) is 1.76. The Labute approximate surface area is 144 Å². The van der Waals surface area contributed by atoms with Gasteiger partial charge in [-0.3, -0.25) is 0 Å². The largest absolute Gasteiger partial charge is 0.207 e. The summed E-state index contributed by atoms with van der Waals surface area (Å²) in [5.74, 6) is -0.157. The fourth-order valence-corrected chi connectivity index (χ4v) is 4.60. The van der Waals surface area contributed by atoms with Gasteiger partial charge in [0.2, 0.25) is 0 Å². The lowest BCUT2D eigenvalue weighted by atomic mass is 9.79. The van der Waals surface area contributed by atoms with Crippen molar-refractivity contribution in [3.63, 3.8) is 0 Å². The van der Waals surface area contributed by atoms with Crippen LogP contribution in [0.25, 0.3) is 0 Å². The molecule has 0 atom stereocenters. The van der Waals surface area contributed by atoms with E-state index < -0.39 is 0 Å². The highest BCUT2D eigenvalue weighted by Crippen LogP contribution is 2.34. The standard InChI is InChI=1S/C16H14Br3F/c17-10-16(11-18,13-4-2-1-3-5-13)9-12-8-14(19)6-7-15(12)20/h1-8H,9-11H2. The van der Waals surface area contributed by atoms with Crippen LogP contribution in [0, 0.1) is 5.82 Å². The Bertz CT molecular complexity index is 565. The number of hydrogen-bond acceptors (Lipinski definition) is 0. The van der Waals surface area contributed by atoms with Crippen LogP contribution < -0.4 is 0 Å². The van der Waals surface area contributed by atoms with Crippen molar-refractivity contribution in [1.29, 1.82) is 0 Å². The quantitative estimate of drug-likeness (QED) is 0.486. The minimum atomic E-state index is -0.164. The van der Waals surface area contributed by atoms with Gasteiger partial charge >= 0.3 is 0 Å². The molecule has 0 saturated carbocycles. The van der Waals surface area contributed by atoms with E-state index in [0.29, 0.717) is 6.42 Å². The Kier molecular flexibility index (Phi) is 5.82. The molecule has 0 amide bonds. The van der Waals surface area contributed by atoms with Crippen LogP contribution in [0.1, 0.15) is 11.1 Å². The maximum absolute atomic E-state index is 14.0. The highest BCUT2D eigenvalue weighted by molar-refractivity contribution is 9.10. The van der Waals surface area contributed by atoms with Crippen LogP contribution in [0.2, 0.25) is 0 Å². The van der Waals surface area contributed by atoms with Gasteiger partial charge in [-0.2, -0.15) is 0 Å². The van der Waals surface area contributed by atoms with Crippen LogP contribution in [-0.2, 0) is 11.8 Å². The number of halogens is 4. The van der Waals surface area contributed by atoms with Crippen molar-refractivity contribution in [2.75, 3.05) is 10.7 Å². The molecule has 2 aromatic carbocycles. The van der Waals surface area contributed by atoms with Gasteiger partial charge in [-0.25, -0.2) is 4.39 Å². The van der Waals surface area contributed by atoms with Crippen molar-refractivity contribution in [1.82, 2.24) is 0 Å². The molecule has 0 nitrogen and oxygen atoms in total. The third kappa shape index (κ3) is 3.52. The molecule has 0 spiro atoms. The Morgan fingerprint density at radius 2 is 1.60 bits per heavy atom. The Hall–Kier alpha value is -0.190. The smallest absolute Gasteiger partial charge is 0.126 e. The van der Waals surface area contributed by atoms with Gasteiger partial charge in [0.25, 0.3) is 0 Å². The molecule has 0 radical (unpaired) electrons. The number of hydrogen-bond donors (Lipinski definition) is 0. The van der Waals surface area contributed by atoms with Crippen LogP contribution in [-0.4, -0.2) is 10.7 Å². The van der Waals surface area contributed by atoms with Gasteiger partial charge in [-0.1, -0.05) is 78.1 Å². The zero-order chi connectivity index (χ0) is 14.6. The summed E-state index contributed by atoms with van der Waals surface area (Å²) in [4.78, 5) is 0. The van der Waals surface area contributed by atoms with Gasteiger partial charge in [-0.15, -0.1) is 0 Å². The van der Waals surface area contributed by atoms with Crippen molar-refractivity contribution in [3.05, 3.63) is 69.9 Å². The average molecular weight is 465 g/mol. The SMILES string of the molecule is Fc1ccc(Br)cc1CC(CBr)(CBr)c1ccccc1. The highest BCUT2D eigenvalue weighted by Gasteiger charge is 2.31. The van der Waals surface area contributed by atoms with E-state index in [0.717, 1.165) is 20.7 Å². The first-order valence-electron chi connectivity index (χ1n) is 6.23. The first kappa shape index (κ1) is 16.2. The minimum absolute atomic E-state index is 0.157. The van der Waals surface area contributed by atoms with Gasteiger partial charge in [0.05, 0.1) is 0 Å². The van der Waals surface area contributed by atoms with Crippen LogP contribution in [0.15, 0.2) is 53.0 Å². The molecule has 0 unspecified atom stereocenters. The lowest BCUT2D eigenvalue weighted by molar-refractivity contribution is 0.522. The topological polar surface area (TPSA) is 0 Å². The van der Waals surface area contributed by atoms with Crippen LogP contribution in [0.3, 0.4) is 0 Å². The molecule has 4 heteroatoms. The van der Waals surface area contributed by atoms with Crippen LogP contribution in [0.4, 0.5) is 4.39 Å². The summed E-state index contributed by atoms with van der Waals surface area (Å²) in [6.45, 7) is 0. The third-order valence-corrected chi connectivity index (χ3v) is 6.07. The van der Waals surface area contributed by atoms with Gasteiger partial charge < -0.3 is 0 Å². The maximum atomic E-state index is 14.0. The van der Waals surface area contributed by atoms with Crippen molar-refractivity contribution >= 4 is 47.8 Å². The summed E-state index contributed by atoms with van der Waals surface area (Å²) < 4.78 is 14.9. The molecule has 0 saturated heterocycles. The second kappa shape index (κ2) is 7.19. The second-order valence-corrected chi connectivity index (χ2v) is 6.86. The maximum Gasteiger partial charge on any atom is 0.126 e. The fraction of sp³-hybridized carbons (Fsp3) is 0.250. The highest BCUT2D eigenvalue weighted by atomic mass is 79.9. The fourth-order valence-electron chi connectivity index (χ4n) is 2.22. The molecule has 0 aliphatic heterocycles.